The Hall–Kier alpha value is -0.530. The van der Waals surface area contributed by atoms with Gasteiger partial charge in [0.1, 0.15) is 0 Å². The Morgan fingerprint density at radius 2 is 1.71 bits per heavy atom. The van der Waals surface area contributed by atoms with Crippen LogP contribution in [-0.4, -0.2) is 18.0 Å². The third-order valence-corrected chi connectivity index (χ3v) is 3.61. The van der Waals surface area contributed by atoms with E-state index in [0.717, 1.165) is 0 Å². The summed E-state index contributed by atoms with van der Waals surface area (Å²) >= 11 is 0. The molecule has 0 spiro atoms. The largest absolute Gasteiger partial charge is 0.296 e. The summed E-state index contributed by atoms with van der Waals surface area (Å²) in [6.45, 7) is 7.03. The molecule has 1 atom stereocenters. The fourth-order valence-electron chi connectivity index (χ4n) is 2.68. The number of hydrogen-bond donors (Lipinski definition) is 0. The molecule has 1 unspecified atom stereocenters. The molecule has 17 heavy (non-hydrogen) atoms. The van der Waals surface area contributed by atoms with Crippen LogP contribution in [0.15, 0.2) is 24.3 Å². The van der Waals surface area contributed by atoms with Crippen LogP contribution >= 0.6 is 12.4 Å². The Bertz CT molecular complexity index is 314. The molecule has 0 radical (unpaired) electrons. The van der Waals surface area contributed by atoms with E-state index in [-0.39, 0.29) is 12.4 Å². The van der Waals surface area contributed by atoms with Gasteiger partial charge in [0, 0.05) is 6.04 Å². The second-order valence-electron chi connectivity index (χ2n) is 4.96. The van der Waals surface area contributed by atoms with Gasteiger partial charge in [0.25, 0.3) is 0 Å². The minimum absolute atomic E-state index is 0. The lowest BCUT2D eigenvalue weighted by Crippen LogP contribution is -2.25. The monoisotopic (exact) mass is 253 g/mol. The third kappa shape index (κ3) is 3.72. The zero-order chi connectivity index (χ0) is 11.4. The summed E-state index contributed by atoms with van der Waals surface area (Å²) < 4.78 is 0. The fourth-order valence-corrected chi connectivity index (χ4v) is 2.68. The van der Waals surface area contributed by atoms with Crippen molar-refractivity contribution < 1.29 is 0 Å². The van der Waals surface area contributed by atoms with Crippen molar-refractivity contribution in [3.05, 3.63) is 35.4 Å². The molecule has 1 fully saturated rings. The van der Waals surface area contributed by atoms with Crippen molar-refractivity contribution in [1.29, 1.82) is 0 Å². The lowest BCUT2D eigenvalue weighted by molar-refractivity contribution is 0.232. The topological polar surface area (TPSA) is 3.24 Å². The van der Waals surface area contributed by atoms with E-state index in [2.05, 4.69) is 43.0 Å². The maximum Gasteiger partial charge on any atom is 0.0348 e. The van der Waals surface area contributed by atoms with Gasteiger partial charge in [-0.2, -0.15) is 0 Å². The molecule has 1 aromatic carbocycles. The van der Waals surface area contributed by atoms with Crippen molar-refractivity contribution in [2.45, 2.75) is 45.6 Å². The predicted molar refractivity (Wildman–Crippen MR) is 76.9 cm³/mol. The van der Waals surface area contributed by atoms with Crippen LogP contribution in [-0.2, 0) is 0 Å². The number of aryl methyl sites for hydroxylation is 1. The first-order chi connectivity index (χ1) is 7.81. The molecule has 0 aromatic heterocycles. The van der Waals surface area contributed by atoms with Crippen LogP contribution in [0.3, 0.4) is 0 Å². The number of benzene rings is 1. The van der Waals surface area contributed by atoms with Gasteiger partial charge in [-0.3, -0.25) is 4.90 Å². The molecule has 0 amide bonds. The first kappa shape index (κ1) is 14.5. The van der Waals surface area contributed by atoms with Crippen molar-refractivity contribution in [2.24, 2.45) is 0 Å². The van der Waals surface area contributed by atoms with Crippen LogP contribution in [0, 0.1) is 6.92 Å². The summed E-state index contributed by atoms with van der Waals surface area (Å²) in [6, 6.07) is 9.78. The molecule has 1 aromatic rings. The quantitative estimate of drug-likeness (QED) is 0.771. The maximum atomic E-state index is 2.66. The Morgan fingerprint density at radius 1 is 1.12 bits per heavy atom. The summed E-state index contributed by atoms with van der Waals surface area (Å²) in [6.07, 6.45) is 5.33. The molecule has 1 heterocycles. The average molecular weight is 254 g/mol. The van der Waals surface area contributed by atoms with Crippen LogP contribution in [0.25, 0.3) is 0 Å². The summed E-state index contributed by atoms with van der Waals surface area (Å²) in [5.41, 5.74) is 2.87. The predicted octanol–water partition coefficient (Wildman–Crippen LogP) is 4.35. The smallest absolute Gasteiger partial charge is 0.0348 e. The molecule has 1 aliphatic heterocycles. The van der Waals surface area contributed by atoms with Gasteiger partial charge < -0.3 is 0 Å². The highest BCUT2D eigenvalue weighted by molar-refractivity contribution is 5.85. The summed E-state index contributed by atoms with van der Waals surface area (Å²) in [5.74, 6) is 0. The second kappa shape index (κ2) is 7.03. The Kier molecular flexibility index (Phi) is 6.01. The standard InChI is InChI=1S/C15H23N.ClH/c1-3-6-15(16-11-4-5-12-16)14-9-7-13(2)8-10-14;/h7-10,15H,3-6,11-12H2,1-2H3;1H. The Morgan fingerprint density at radius 3 is 2.24 bits per heavy atom. The Balaban J connectivity index is 0.00000144. The first-order valence-electron chi connectivity index (χ1n) is 6.62. The van der Waals surface area contributed by atoms with E-state index in [4.69, 9.17) is 0 Å². The van der Waals surface area contributed by atoms with Crippen LogP contribution in [0.5, 0.6) is 0 Å². The molecule has 1 saturated heterocycles. The zero-order valence-corrected chi connectivity index (χ0v) is 11.8. The van der Waals surface area contributed by atoms with Gasteiger partial charge >= 0.3 is 0 Å². The van der Waals surface area contributed by atoms with E-state index in [1.807, 2.05) is 0 Å². The van der Waals surface area contributed by atoms with Gasteiger partial charge in [-0.25, -0.2) is 0 Å². The molecular weight excluding hydrogens is 230 g/mol. The molecule has 0 aliphatic carbocycles. The summed E-state index contributed by atoms with van der Waals surface area (Å²) in [7, 11) is 0. The molecule has 1 nitrogen and oxygen atoms in total. The third-order valence-electron chi connectivity index (χ3n) is 3.61. The minimum Gasteiger partial charge on any atom is -0.296 e. The molecule has 2 heteroatoms. The van der Waals surface area contributed by atoms with E-state index in [1.165, 1.54) is 49.9 Å². The van der Waals surface area contributed by atoms with E-state index in [1.54, 1.807) is 0 Å². The van der Waals surface area contributed by atoms with Crippen molar-refractivity contribution in [3.8, 4) is 0 Å². The molecule has 1 aliphatic rings. The summed E-state index contributed by atoms with van der Waals surface area (Å²) in [5, 5.41) is 0. The highest BCUT2D eigenvalue weighted by Gasteiger charge is 2.22. The Labute approximate surface area is 112 Å². The highest BCUT2D eigenvalue weighted by Crippen LogP contribution is 2.29. The van der Waals surface area contributed by atoms with E-state index in [0.29, 0.717) is 6.04 Å². The SMILES string of the molecule is CCCC(c1ccc(C)cc1)N1CCCC1.Cl. The van der Waals surface area contributed by atoms with Crippen molar-refractivity contribution in [1.82, 2.24) is 4.90 Å². The number of likely N-dealkylation sites (tertiary alicyclic amines) is 1. The lowest BCUT2D eigenvalue weighted by atomic mass is 10.00. The van der Waals surface area contributed by atoms with Crippen molar-refractivity contribution in [3.63, 3.8) is 0 Å². The number of nitrogens with zero attached hydrogens (tertiary/aromatic N) is 1. The van der Waals surface area contributed by atoms with Crippen LogP contribution in [0.4, 0.5) is 0 Å². The fraction of sp³-hybridized carbons (Fsp3) is 0.600. The van der Waals surface area contributed by atoms with Crippen LogP contribution in [0.1, 0.15) is 49.8 Å². The average Bonchev–Trinajstić information content (AvgIpc) is 2.81. The molecular formula is C15H24ClN. The molecule has 96 valence electrons. The molecule has 2 rings (SSSR count). The van der Waals surface area contributed by atoms with Crippen molar-refractivity contribution in [2.75, 3.05) is 13.1 Å². The van der Waals surface area contributed by atoms with E-state index >= 15 is 0 Å². The molecule has 0 bridgehead atoms. The van der Waals surface area contributed by atoms with Crippen molar-refractivity contribution >= 4 is 12.4 Å². The van der Waals surface area contributed by atoms with Gasteiger partial charge in [-0.15, -0.1) is 12.4 Å². The van der Waals surface area contributed by atoms with Crippen LogP contribution < -0.4 is 0 Å². The second-order valence-corrected chi connectivity index (χ2v) is 4.96. The van der Waals surface area contributed by atoms with Gasteiger partial charge in [-0.1, -0.05) is 43.2 Å². The number of halogens is 1. The van der Waals surface area contributed by atoms with Gasteiger partial charge in [-0.05, 0) is 44.8 Å². The molecule has 0 N–H and O–H groups in total. The van der Waals surface area contributed by atoms with Crippen LogP contribution in [0.2, 0.25) is 0 Å². The zero-order valence-electron chi connectivity index (χ0n) is 11.0. The van der Waals surface area contributed by atoms with Gasteiger partial charge in [0.15, 0.2) is 0 Å². The normalized spacial score (nSPS) is 17.8. The minimum atomic E-state index is 0. The lowest BCUT2D eigenvalue weighted by Gasteiger charge is -2.27. The maximum absolute atomic E-state index is 2.66. The number of rotatable bonds is 4. The first-order valence-corrected chi connectivity index (χ1v) is 6.62. The molecule has 0 saturated carbocycles. The highest BCUT2D eigenvalue weighted by atomic mass is 35.5. The summed E-state index contributed by atoms with van der Waals surface area (Å²) in [4.78, 5) is 2.66. The van der Waals surface area contributed by atoms with E-state index in [9.17, 15) is 0 Å². The van der Waals surface area contributed by atoms with Gasteiger partial charge in [0.2, 0.25) is 0 Å². The van der Waals surface area contributed by atoms with E-state index < -0.39 is 0 Å². The van der Waals surface area contributed by atoms with Gasteiger partial charge in [0.05, 0.1) is 0 Å². The number of hydrogen-bond acceptors (Lipinski definition) is 1.